The van der Waals surface area contributed by atoms with E-state index in [-0.39, 0.29) is 12.1 Å². The molecule has 2 aromatic carbocycles. The molecular weight excluding hydrogens is 336 g/mol. The molecule has 26 heavy (non-hydrogen) atoms. The van der Waals surface area contributed by atoms with Crippen molar-refractivity contribution in [2.75, 3.05) is 14.2 Å². The van der Waals surface area contributed by atoms with E-state index in [1.165, 1.54) is 10.0 Å². The number of methoxy groups -OCH3 is 2. The van der Waals surface area contributed by atoms with Crippen LogP contribution in [0.2, 0.25) is 0 Å². The van der Waals surface area contributed by atoms with Gasteiger partial charge in [0.25, 0.3) is 0 Å². The quantitative estimate of drug-likeness (QED) is 0.883. The first kappa shape index (κ1) is 16.1. The standard InChI is InChI=1S/C18H18N4O4/c1-25-13-7-3-5-11(9-13)15-19-17(23)22-16(20-18(24)21(15)22)12-6-4-8-14(10-12)26-2/h3-10,15-16H,1-2H3,(H,19,23)(H,20,24)/t15-,16-/m1/s1. The summed E-state index contributed by atoms with van der Waals surface area (Å²) in [7, 11) is 3.14. The number of carbonyl (C=O) groups excluding carboxylic acids is 2. The lowest BCUT2D eigenvalue weighted by Gasteiger charge is -2.24. The maximum atomic E-state index is 12.6. The molecule has 8 heteroatoms. The van der Waals surface area contributed by atoms with E-state index < -0.39 is 12.3 Å². The number of nitrogens with zero attached hydrogens (tertiary/aromatic N) is 2. The normalized spacial score (nSPS) is 21.3. The highest BCUT2D eigenvalue weighted by Crippen LogP contribution is 2.37. The van der Waals surface area contributed by atoms with Gasteiger partial charge in [0.1, 0.15) is 11.5 Å². The number of nitrogens with one attached hydrogen (secondary N) is 2. The zero-order valence-electron chi connectivity index (χ0n) is 14.3. The van der Waals surface area contributed by atoms with Gasteiger partial charge >= 0.3 is 12.1 Å². The van der Waals surface area contributed by atoms with Gasteiger partial charge in [0, 0.05) is 11.1 Å². The van der Waals surface area contributed by atoms with E-state index in [1.807, 2.05) is 24.3 Å². The largest absolute Gasteiger partial charge is 0.497 e. The first-order chi connectivity index (χ1) is 12.6. The van der Waals surface area contributed by atoms with Gasteiger partial charge in [-0.3, -0.25) is 0 Å². The second-order valence-corrected chi connectivity index (χ2v) is 5.95. The SMILES string of the molecule is COc1cccc([C@@H]2NC(=O)N3[C@H](c4cccc(OC)c4)NC(=O)N23)c1. The minimum atomic E-state index is -0.604. The van der Waals surface area contributed by atoms with Crippen LogP contribution in [0.4, 0.5) is 9.59 Å². The average molecular weight is 354 g/mol. The van der Waals surface area contributed by atoms with Crippen LogP contribution in [0.5, 0.6) is 11.5 Å². The Morgan fingerprint density at radius 3 is 1.58 bits per heavy atom. The van der Waals surface area contributed by atoms with E-state index in [1.54, 1.807) is 38.5 Å². The highest BCUT2D eigenvalue weighted by molar-refractivity contribution is 5.88. The van der Waals surface area contributed by atoms with Crippen LogP contribution in [0.25, 0.3) is 0 Å². The number of fused-ring (bicyclic) bond motifs is 1. The Bertz CT molecular complexity index is 800. The van der Waals surface area contributed by atoms with Crippen LogP contribution in [0.3, 0.4) is 0 Å². The molecule has 0 spiro atoms. The van der Waals surface area contributed by atoms with E-state index >= 15 is 0 Å². The average Bonchev–Trinajstić information content (AvgIpc) is 3.20. The zero-order valence-corrected chi connectivity index (χ0v) is 14.3. The summed E-state index contributed by atoms with van der Waals surface area (Å²) in [5, 5.41) is 8.48. The van der Waals surface area contributed by atoms with Crippen LogP contribution in [0.15, 0.2) is 48.5 Å². The molecule has 0 bridgehead atoms. The summed E-state index contributed by atoms with van der Waals surface area (Å²) >= 11 is 0. The van der Waals surface area contributed by atoms with Gasteiger partial charge in [0.2, 0.25) is 0 Å². The first-order valence-corrected chi connectivity index (χ1v) is 8.09. The molecule has 0 aliphatic carbocycles. The Balaban J connectivity index is 1.69. The molecule has 2 saturated heterocycles. The fourth-order valence-electron chi connectivity index (χ4n) is 3.24. The molecule has 0 saturated carbocycles. The van der Waals surface area contributed by atoms with Gasteiger partial charge < -0.3 is 20.1 Å². The summed E-state index contributed by atoms with van der Waals surface area (Å²) in [5.41, 5.74) is 1.50. The number of amides is 4. The van der Waals surface area contributed by atoms with E-state index in [4.69, 9.17) is 9.47 Å². The summed E-state index contributed by atoms with van der Waals surface area (Å²) in [4.78, 5) is 25.2. The predicted octanol–water partition coefficient (Wildman–Crippen LogP) is 2.37. The number of urea groups is 2. The number of rotatable bonds is 4. The van der Waals surface area contributed by atoms with Crippen LogP contribution in [-0.4, -0.2) is 36.3 Å². The van der Waals surface area contributed by atoms with E-state index in [2.05, 4.69) is 10.6 Å². The van der Waals surface area contributed by atoms with Gasteiger partial charge in [-0.05, 0) is 24.3 Å². The highest BCUT2D eigenvalue weighted by atomic mass is 16.5. The van der Waals surface area contributed by atoms with E-state index in [9.17, 15) is 9.59 Å². The van der Waals surface area contributed by atoms with Gasteiger partial charge in [0.05, 0.1) is 14.2 Å². The molecule has 2 fully saturated rings. The van der Waals surface area contributed by atoms with Crippen molar-refractivity contribution in [2.45, 2.75) is 12.3 Å². The number of hydrogen-bond donors (Lipinski definition) is 2. The van der Waals surface area contributed by atoms with Crippen LogP contribution in [-0.2, 0) is 0 Å². The maximum absolute atomic E-state index is 12.6. The second-order valence-electron chi connectivity index (χ2n) is 5.95. The highest BCUT2D eigenvalue weighted by Gasteiger charge is 2.51. The van der Waals surface area contributed by atoms with Crippen molar-refractivity contribution in [2.24, 2.45) is 0 Å². The van der Waals surface area contributed by atoms with Gasteiger partial charge in [-0.2, -0.15) is 0 Å². The van der Waals surface area contributed by atoms with Crippen molar-refractivity contribution in [3.63, 3.8) is 0 Å². The predicted molar refractivity (Wildman–Crippen MR) is 92.2 cm³/mol. The van der Waals surface area contributed by atoms with Gasteiger partial charge in [-0.15, -0.1) is 0 Å². The summed E-state index contributed by atoms with van der Waals surface area (Å²) in [6.07, 6.45) is -1.21. The molecule has 2 aliphatic rings. The topological polar surface area (TPSA) is 83.1 Å². The van der Waals surface area contributed by atoms with Crippen molar-refractivity contribution in [3.05, 3.63) is 59.7 Å². The Labute approximate surface area is 150 Å². The number of hydrogen-bond acceptors (Lipinski definition) is 4. The monoisotopic (exact) mass is 354 g/mol. The Hall–Kier alpha value is -3.42. The van der Waals surface area contributed by atoms with E-state index in [0.717, 1.165) is 11.1 Å². The third-order valence-electron chi connectivity index (χ3n) is 4.48. The van der Waals surface area contributed by atoms with Crippen molar-refractivity contribution < 1.29 is 19.1 Å². The van der Waals surface area contributed by atoms with Crippen LogP contribution in [0, 0.1) is 0 Å². The van der Waals surface area contributed by atoms with Crippen molar-refractivity contribution >= 4 is 12.1 Å². The van der Waals surface area contributed by atoms with Gasteiger partial charge in [-0.1, -0.05) is 24.3 Å². The lowest BCUT2D eigenvalue weighted by Crippen LogP contribution is -2.36. The zero-order chi connectivity index (χ0) is 18.3. The molecule has 2 heterocycles. The summed E-state index contributed by atoms with van der Waals surface area (Å²) in [6, 6.07) is 13.8. The Morgan fingerprint density at radius 1 is 0.769 bits per heavy atom. The molecule has 134 valence electrons. The van der Waals surface area contributed by atoms with Crippen molar-refractivity contribution in [3.8, 4) is 11.5 Å². The number of hydrazine groups is 1. The molecule has 0 unspecified atom stereocenters. The summed E-state index contributed by atoms with van der Waals surface area (Å²) in [6.45, 7) is 0. The molecule has 0 aromatic heterocycles. The lowest BCUT2D eigenvalue weighted by molar-refractivity contribution is 0.0670. The lowest BCUT2D eigenvalue weighted by atomic mass is 10.1. The number of carbonyl (C=O) groups is 2. The smallest absolute Gasteiger partial charge is 0.340 e. The third kappa shape index (κ3) is 2.46. The minimum Gasteiger partial charge on any atom is -0.497 e. The second kappa shape index (κ2) is 6.14. The first-order valence-electron chi connectivity index (χ1n) is 8.09. The fraction of sp³-hybridized carbons (Fsp3) is 0.222. The molecule has 2 N–H and O–H groups in total. The van der Waals surface area contributed by atoms with Crippen LogP contribution in [0.1, 0.15) is 23.5 Å². The molecule has 4 rings (SSSR count). The van der Waals surface area contributed by atoms with Gasteiger partial charge in [-0.25, -0.2) is 19.6 Å². The van der Waals surface area contributed by atoms with Gasteiger partial charge in [0.15, 0.2) is 12.3 Å². The molecule has 2 atom stereocenters. The van der Waals surface area contributed by atoms with Crippen LogP contribution >= 0.6 is 0 Å². The molecule has 0 radical (unpaired) electrons. The van der Waals surface area contributed by atoms with Crippen molar-refractivity contribution in [1.29, 1.82) is 0 Å². The molecule has 8 nitrogen and oxygen atoms in total. The summed E-state index contributed by atoms with van der Waals surface area (Å²) < 4.78 is 10.5. The molecule has 2 aromatic rings. The van der Waals surface area contributed by atoms with Crippen molar-refractivity contribution in [1.82, 2.24) is 20.7 Å². The Kier molecular flexibility index (Phi) is 3.80. The Morgan fingerprint density at radius 2 is 1.19 bits per heavy atom. The molecule has 2 aliphatic heterocycles. The maximum Gasteiger partial charge on any atom is 0.340 e. The molecule has 4 amide bonds. The minimum absolute atomic E-state index is 0.357. The van der Waals surface area contributed by atoms with E-state index in [0.29, 0.717) is 11.5 Å². The fourth-order valence-corrected chi connectivity index (χ4v) is 3.24. The van der Waals surface area contributed by atoms with Crippen LogP contribution < -0.4 is 20.1 Å². The number of ether oxygens (including phenoxy) is 2. The third-order valence-corrected chi connectivity index (χ3v) is 4.48. The number of benzene rings is 2. The summed E-state index contributed by atoms with van der Waals surface area (Å²) in [5.74, 6) is 1.30. The molecular formula is C18H18N4O4.